The Labute approximate surface area is 180 Å². The van der Waals surface area contributed by atoms with Crippen LogP contribution in [0.25, 0.3) is 0 Å². The Morgan fingerprint density at radius 2 is 1.77 bits per heavy atom. The second kappa shape index (κ2) is 11.3. The first-order valence-corrected chi connectivity index (χ1v) is 11.3. The van der Waals surface area contributed by atoms with Crippen molar-refractivity contribution in [3.63, 3.8) is 0 Å². The first-order chi connectivity index (χ1) is 14.6. The maximum Gasteiger partial charge on any atom is 0.160 e. The Bertz CT molecular complexity index is 792. The lowest BCUT2D eigenvalue weighted by molar-refractivity contribution is 0.109. The number of aliphatic hydroxyl groups excluding tert-OH is 1. The highest BCUT2D eigenvalue weighted by atomic mass is 16.3. The van der Waals surface area contributed by atoms with E-state index in [4.69, 9.17) is 0 Å². The minimum absolute atomic E-state index is 0.0195. The summed E-state index contributed by atoms with van der Waals surface area (Å²) >= 11 is 0. The van der Waals surface area contributed by atoms with Crippen LogP contribution in [0.15, 0.2) is 36.4 Å². The second-order valence-electron chi connectivity index (χ2n) is 8.35. The molecule has 5 nitrogen and oxygen atoms in total. The number of phenols is 2. The number of aliphatic hydroxyl groups is 1. The van der Waals surface area contributed by atoms with Crippen LogP contribution >= 0.6 is 0 Å². The average Bonchev–Trinajstić information content (AvgIpc) is 2.78. The summed E-state index contributed by atoms with van der Waals surface area (Å²) in [6.07, 6.45) is 8.50. The van der Waals surface area contributed by atoms with E-state index in [1.54, 1.807) is 6.07 Å². The maximum atomic E-state index is 10.2. The number of nitrogens with zero attached hydrogens (tertiary/aromatic N) is 1. The zero-order valence-electron chi connectivity index (χ0n) is 18.1. The molecular formula is C25H36N2O3. The highest BCUT2D eigenvalue weighted by Gasteiger charge is 2.26. The third-order valence-corrected chi connectivity index (χ3v) is 6.17. The molecule has 30 heavy (non-hydrogen) atoms. The third kappa shape index (κ3) is 5.97. The molecular weight excluding hydrogens is 376 g/mol. The van der Waals surface area contributed by atoms with Gasteiger partial charge in [-0.2, -0.15) is 0 Å². The molecule has 0 aromatic heterocycles. The highest BCUT2D eigenvalue weighted by molar-refractivity contribution is 5.50. The zero-order valence-corrected chi connectivity index (χ0v) is 18.1. The van der Waals surface area contributed by atoms with E-state index in [0.29, 0.717) is 6.04 Å². The number of hydrogen-bond acceptors (Lipinski definition) is 5. The molecule has 0 spiro atoms. The molecule has 0 aliphatic heterocycles. The standard InChI is InChI=1S/C25H36N2O3/c1-2-3-4-5-16-27(26-15-14-19-6-8-20(18-28)9-7-19)22-11-12-23-21(17-22)10-13-24(29)25(23)30/h6-10,13,22,26,28-30H,2-5,11-12,14-18H2,1H3. The van der Waals surface area contributed by atoms with Gasteiger partial charge in [0.1, 0.15) is 0 Å². The Morgan fingerprint density at radius 1 is 1.00 bits per heavy atom. The van der Waals surface area contributed by atoms with Gasteiger partial charge in [0.15, 0.2) is 11.5 Å². The lowest BCUT2D eigenvalue weighted by atomic mass is 9.87. The van der Waals surface area contributed by atoms with E-state index in [1.807, 2.05) is 18.2 Å². The summed E-state index contributed by atoms with van der Waals surface area (Å²) in [5.74, 6) is 0.0358. The first kappa shape index (κ1) is 22.6. The second-order valence-corrected chi connectivity index (χ2v) is 8.35. The van der Waals surface area contributed by atoms with Gasteiger partial charge < -0.3 is 15.3 Å². The molecule has 1 aliphatic carbocycles. The lowest BCUT2D eigenvalue weighted by Crippen LogP contribution is -2.49. The van der Waals surface area contributed by atoms with Gasteiger partial charge in [-0.1, -0.05) is 56.5 Å². The molecule has 1 unspecified atom stereocenters. The van der Waals surface area contributed by atoms with Crippen LogP contribution in [0.2, 0.25) is 0 Å². The third-order valence-electron chi connectivity index (χ3n) is 6.17. The van der Waals surface area contributed by atoms with E-state index in [0.717, 1.165) is 55.5 Å². The van der Waals surface area contributed by atoms with Crippen molar-refractivity contribution in [3.05, 3.63) is 58.7 Å². The normalized spacial score (nSPS) is 16.0. The van der Waals surface area contributed by atoms with Crippen LogP contribution in [-0.4, -0.2) is 39.5 Å². The van der Waals surface area contributed by atoms with E-state index >= 15 is 0 Å². The number of benzene rings is 2. The van der Waals surface area contributed by atoms with Crippen LogP contribution in [0, 0.1) is 0 Å². The van der Waals surface area contributed by atoms with Crippen molar-refractivity contribution in [1.82, 2.24) is 10.4 Å². The van der Waals surface area contributed by atoms with E-state index in [9.17, 15) is 15.3 Å². The van der Waals surface area contributed by atoms with Crippen LogP contribution in [0.3, 0.4) is 0 Å². The summed E-state index contributed by atoms with van der Waals surface area (Å²) in [6.45, 7) is 4.21. The molecule has 0 fully saturated rings. The Kier molecular flexibility index (Phi) is 8.55. The quantitative estimate of drug-likeness (QED) is 0.254. The van der Waals surface area contributed by atoms with Gasteiger partial charge in [0.25, 0.3) is 0 Å². The zero-order chi connectivity index (χ0) is 21.3. The fraction of sp³-hybridized carbons (Fsp3) is 0.520. The number of hydrogen-bond donors (Lipinski definition) is 4. The molecule has 2 aromatic carbocycles. The number of hydrazine groups is 1. The van der Waals surface area contributed by atoms with Gasteiger partial charge in [-0.3, -0.25) is 5.43 Å². The number of phenolic OH excluding ortho intramolecular Hbond substituents is 2. The molecule has 0 amide bonds. The van der Waals surface area contributed by atoms with Crippen molar-refractivity contribution < 1.29 is 15.3 Å². The van der Waals surface area contributed by atoms with Crippen LogP contribution in [0.5, 0.6) is 11.5 Å². The molecule has 0 saturated heterocycles. The average molecular weight is 413 g/mol. The van der Waals surface area contributed by atoms with Crippen LogP contribution in [0.1, 0.15) is 61.3 Å². The predicted octanol–water partition coefficient (Wildman–Crippen LogP) is 4.08. The van der Waals surface area contributed by atoms with Crippen molar-refractivity contribution in [2.45, 2.75) is 70.9 Å². The van der Waals surface area contributed by atoms with E-state index in [-0.39, 0.29) is 18.1 Å². The van der Waals surface area contributed by atoms with Gasteiger partial charge in [0, 0.05) is 24.7 Å². The first-order valence-electron chi connectivity index (χ1n) is 11.3. The largest absolute Gasteiger partial charge is 0.504 e. The summed E-state index contributed by atoms with van der Waals surface area (Å²) in [7, 11) is 0. The summed E-state index contributed by atoms with van der Waals surface area (Å²) in [6, 6.07) is 12.1. The monoisotopic (exact) mass is 412 g/mol. The molecule has 0 bridgehead atoms. The smallest absolute Gasteiger partial charge is 0.160 e. The molecule has 5 heteroatoms. The minimum atomic E-state index is -0.0195. The van der Waals surface area contributed by atoms with Crippen molar-refractivity contribution in [3.8, 4) is 11.5 Å². The van der Waals surface area contributed by atoms with Gasteiger partial charge >= 0.3 is 0 Å². The number of rotatable bonds is 11. The van der Waals surface area contributed by atoms with Crippen LogP contribution in [-0.2, 0) is 25.9 Å². The highest BCUT2D eigenvalue weighted by Crippen LogP contribution is 2.36. The topological polar surface area (TPSA) is 76.0 Å². The summed E-state index contributed by atoms with van der Waals surface area (Å²) < 4.78 is 0. The molecule has 3 rings (SSSR count). The van der Waals surface area contributed by atoms with E-state index in [1.165, 1.54) is 31.2 Å². The molecule has 2 aromatic rings. The van der Waals surface area contributed by atoms with Crippen LogP contribution in [0.4, 0.5) is 0 Å². The van der Waals surface area contributed by atoms with Gasteiger partial charge in [0.05, 0.1) is 6.61 Å². The molecule has 164 valence electrons. The number of fused-ring (bicyclic) bond motifs is 1. The fourth-order valence-electron chi connectivity index (χ4n) is 4.32. The minimum Gasteiger partial charge on any atom is -0.504 e. The van der Waals surface area contributed by atoms with Gasteiger partial charge in [-0.15, -0.1) is 0 Å². The lowest BCUT2D eigenvalue weighted by Gasteiger charge is -2.36. The Hall–Kier alpha value is -2.08. The molecule has 1 aliphatic rings. The van der Waals surface area contributed by atoms with Crippen LogP contribution < -0.4 is 5.43 Å². The van der Waals surface area contributed by atoms with Crippen molar-refractivity contribution in [2.24, 2.45) is 0 Å². The molecule has 0 radical (unpaired) electrons. The number of aromatic hydroxyl groups is 2. The van der Waals surface area contributed by atoms with Crippen molar-refractivity contribution in [2.75, 3.05) is 13.1 Å². The van der Waals surface area contributed by atoms with Gasteiger partial charge in [-0.05, 0) is 54.9 Å². The summed E-state index contributed by atoms with van der Waals surface area (Å²) in [5, 5.41) is 31.6. The van der Waals surface area contributed by atoms with E-state index in [2.05, 4.69) is 29.5 Å². The number of nitrogens with one attached hydrogen (secondary N) is 1. The molecule has 1 atom stereocenters. The van der Waals surface area contributed by atoms with Crippen molar-refractivity contribution in [1.29, 1.82) is 0 Å². The SMILES string of the molecule is CCCCCCN(NCCc1ccc(CO)cc1)C1CCc2c(ccc(O)c2O)C1. The van der Waals surface area contributed by atoms with Gasteiger partial charge in [0.2, 0.25) is 0 Å². The predicted molar refractivity (Wildman–Crippen MR) is 121 cm³/mol. The summed E-state index contributed by atoms with van der Waals surface area (Å²) in [5.41, 5.74) is 7.92. The van der Waals surface area contributed by atoms with Crippen molar-refractivity contribution >= 4 is 0 Å². The van der Waals surface area contributed by atoms with Gasteiger partial charge in [-0.25, -0.2) is 5.01 Å². The molecule has 4 N–H and O–H groups in total. The Morgan fingerprint density at radius 3 is 2.50 bits per heavy atom. The van der Waals surface area contributed by atoms with E-state index < -0.39 is 0 Å². The summed E-state index contributed by atoms with van der Waals surface area (Å²) in [4.78, 5) is 0. The Balaban J connectivity index is 1.60. The molecule has 0 saturated carbocycles. The fourth-order valence-corrected chi connectivity index (χ4v) is 4.32. The maximum absolute atomic E-state index is 10.2. The number of unbranched alkanes of at least 4 members (excludes halogenated alkanes) is 3. The molecule has 0 heterocycles.